The number of allylic oxidation sites excluding steroid dienone is 2. The average Bonchev–Trinajstić information content (AvgIpc) is 3.14. The molecule has 1 aromatic rings. The van der Waals surface area contributed by atoms with Crippen LogP contribution in [0.15, 0.2) is 46.6 Å². The Morgan fingerprint density at radius 2 is 1.93 bits per heavy atom. The molecular weight excluding hydrogens is 392 g/mol. The van der Waals surface area contributed by atoms with E-state index in [4.69, 9.17) is 15.2 Å². The van der Waals surface area contributed by atoms with Gasteiger partial charge in [0.2, 0.25) is 0 Å². The number of nitrogens with two attached hydrogens (primary N) is 1. The first-order valence-electron chi connectivity index (χ1n) is 8.95. The summed E-state index contributed by atoms with van der Waals surface area (Å²) < 4.78 is 15.0. The molecule has 2 rings (SSSR count). The highest BCUT2D eigenvalue weighted by Gasteiger charge is 2.33. The number of ketones is 1. The monoisotopic (exact) mass is 420 g/mol. The molecule has 158 valence electrons. The molecular formula is C21H28N2O5S. The van der Waals surface area contributed by atoms with Crippen molar-refractivity contribution in [3.63, 3.8) is 0 Å². The van der Waals surface area contributed by atoms with Gasteiger partial charge in [0.1, 0.15) is 5.82 Å². The van der Waals surface area contributed by atoms with Crippen LogP contribution in [0.4, 0.5) is 0 Å². The molecule has 8 heteroatoms. The number of hydrogen-bond acceptors (Lipinski definition) is 8. The van der Waals surface area contributed by atoms with Crippen molar-refractivity contribution in [1.82, 2.24) is 0 Å². The van der Waals surface area contributed by atoms with E-state index in [0.29, 0.717) is 27.0 Å². The van der Waals surface area contributed by atoms with Crippen LogP contribution in [0, 0.1) is 11.8 Å². The first kappa shape index (κ1) is 24.5. The van der Waals surface area contributed by atoms with Gasteiger partial charge in [-0.1, -0.05) is 31.3 Å². The highest BCUT2D eigenvalue weighted by atomic mass is 32.2. The van der Waals surface area contributed by atoms with Crippen molar-refractivity contribution in [3.05, 3.63) is 47.1 Å². The van der Waals surface area contributed by atoms with E-state index in [1.54, 1.807) is 38.3 Å². The number of aldehydes is 1. The number of nitrogens with zero attached hydrogens (tertiary/aromatic N) is 1. The average molecular weight is 421 g/mol. The number of hydrogen-bond donors (Lipinski definition) is 1. The summed E-state index contributed by atoms with van der Waals surface area (Å²) in [7, 11) is 4.73. The van der Waals surface area contributed by atoms with Crippen LogP contribution < -0.4 is 15.2 Å². The number of thioether (sulfide) groups is 1. The maximum absolute atomic E-state index is 12.9. The van der Waals surface area contributed by atoms with Crippen molar-refractivity contribution < 1.29 is 23.8 Å². The molecule has 7 nitrogen and oxygen atoms in total. The molecule has 0 aromatic heterocycles. The van der Waals surface area contributed by atoms with Gasteiger partial charge in [0.25, 0.3) is 0 Å². The van der Waals surface area contributed by atoms with Crippen LogP contribution in [-0.4, -0.2) is 45.0 Å². The number of Topliss-reactive ketones (excluding diaryl/α,β-unsaturated/α-hetero) is 1. The van der Waals surface area contributed by atoms with Crippen molar-refractivity contribution in [3.8, 4) is 11.5 Å². The normalized spacial score (nSPS) is 17.6. The van der Waals surface area contributed by atoms with Gasteiger partial charge in [-0.3, -0.25) is 9.59 Å². The van der Waals surface area contributed by atoms with Crippen LogP contribution in [0.25, 0.3) is 0 Å². The van der Waals surface area contributed by atoms with Gasteiger partial charge in [0.05, 0.1) is 19.3 Å². The van der Waals surface area contributed by atoms with Crippen LogP contribution in [0.1, 0.15) is 24.2 Å². The Hall–Kier alpha value is -2.58. The van der Waals surface area contributed by atoms with Crippen molar-refractivity contribution in [1.29, 1.82) is 0 Å². The number of methoxy groups -OCH3 is 3. The van der Waals surface area contributed by atoms with Gasteiger partial charge >= 0.3 is 0 Å². The molecule has 0 radical (unpaired) electrons. The second-order valence-corrected chi connectivity index (χ2v) is 7.15. The zero-order chi connectivity index (χ0) is 22.0. The minimum atomic E-state index is -0.429. The van der Waals surface area contributed by atoms with E-state index in [1.807, 2.05) is 6.92 Å². The summed E-state index contributed by atoms with van der Waals surface area (Å²) >= 11 is 1.21. The lowest BCUT2D eigenvalue weighted by molar-refractivity contribution is -0.104. The lowest BCUT2D eigenvalue weighted by Crippen LogP contribution is -2.23. The maximum atomic E-state index is 12.9. The second-order valence-electron chi connectivity index (χ2n) is 6.06. The lowest BCUT2D eigenvalue weighted by Gasteiger charge is -2.18. The quantitative estimate of drug-likeness (QED) is 0.508. The molecule has 1 aliphatic heterocycles. The van der Waals surface area contributed by atoms with E-state index in [0.717, 1.165) is 12.9 Å². The summed E-state index contributed by atoms with van der Waals surface area (Å²) in [4.78, 5) is 28.7. The number of rotatable bonds is 8. The summed E-state index contributed by atoms with van der Waals surface area (Å²) in [5.74, 6) is 0.319. The Morgan fingerprint density at radius 3 is 2.41 bits per heavy atom. The molecule has 0 saturated carbocycles. The van der Waals surface area contributed by atoms with E-state index < -0.39 is 5.92 Å². The van der Waals surface area contributed by atoms with Gasteiger partial charge in [-0.25, -0.2) is 4.99 Å². The van der Waals surface area contributed by atoms with E-state index in [2.05, 4.69) is 16.3 Å². The zero-order valence-corrected chi connectivity index (χ0v) is 18.2. The van der Waals surface area contributed by atoms with Crippen molar-refractivity contribution >= 4 is 28.9 Å². The molecule has 1 aromatic carbocycles. The summed E-state index contributed by atoms with van der Waals surface area (Å²) in [6, 6.07) is 5.01. The van der Waals surface area contributed by atoms with E-state index in [9.17, 15) is 9.59 Å². The van der Waals surface area contributed by atoms with E-state index in [1.165, 1.54) is 26.0 Å². The van der Waals surface area contributed by atoms with Gasteiger partial charge in [-0.15, -0.1) is 0 Å². The minimum absolute atomic E-state index is 0.0923. The third kappa shape index (κ3) is 6.76. The zero-order valence-electron chi connectivity index (χ0n) is 17.4. The van der Waals surface area contributed by atoms with Gasteiger partial charge in [-0.2, -0.15) is 0 Å². The fourth-order valence-corrected chi connectivity index (χ4v) is 3.62. The van der Waals surface area contributed by atoms with E-state index in [-0.39, 0.29) is 17.5 Å². The van der Waals surface area contributed by atoms with Crippen LogP contribution in [0.2, 0.25) is 0 Å². The Morgan fingerprint density at radius 1 is 1.31 bits per heavy atom. The van der Waals surface area contributed by atoms with Crippen molar-refractivity contribution in [2.24, 2.45) is 22.6 Å². The number of carbonyl (C=O) groups excluding carboxylic acids is 2. The van der Waals surface area contributed by atoms with Gasteiger partial charge in [-0.05, 0) is 25.1 Å². The highest BCUT2D eigenvalue weighted by molar-refractivity contribution is 8.18. The largest absolute Gasteiger partial charge is 0.493 e. The molecule has 1 aliphatic rings. The standard InChI is InChI=1S/C18H20N2O4S.C3H8O/c1-10(14-8-13(9-21)25-18(14)20-11(2)19)17(22)12-5-6-15(23-3)16(7-12)24-4;1-3-4-2/h5-10,14H,2,19H2,1,3-4H3;3H2,1-2H3/b20-18+;. The van der Waals surface area contributed by atoms with Crippen LogP contribution >= 0.6 is 11.8 Å². The first-order valence-corrected chi connectivity index (χ1v) is 9.77. The summed E-state index contributed by atoms with van der Waals surface area (Å²) in [5.41, 5.74) is 6.05. The lowest BCUT2D eigenvalue weighted by atomic mass is 9.87. The SMILES string of the molecule is C=C(N)/N=C1/SC(C=O)=CC1C(C)C(=O)c1ccc(OC)c(OC)c1.CCOC. The fourth-order valence-electron chi connectivity index (χ4n) is 2.55. The molecule has 0 aliphatic carbocycles. The number of benzene rings is 1. The van der Waals surface area contributed by atoms with Crippen molar-refractivity contribution in [2.75, 3.05) is 27.9 Å². The van der Waals surface area contributed by atoms with Gasteiger partial charge < -0.3 is 19.9 Å². The Kier molecular flexibility index (Phi) is 10.2. The second kappa shape index (κ2) is 12.1. The smallest absolute Gasteiger partial charge is 0.166 e. The van der Waals surface area contributed by atoms with Gasteiger partial charge in [0.15, 0.2) is 23.6 Å². The molecule has 0 spiro atoms. The fraction of sp³-hybridized carbons (Fsp3) is 0.381. The molecule has 1 heterocycles. The van der Waals surface area contributed by atoms with Crippen LogP contribution in [-0.2, 0) is 9.53 Å². The van der Waals surface area contributed by atoms with Crippen molar-refractivity contribution in [2.45, 2.75) is 13.8 Å². The van der Waals surface area contributed by atoms with Gasteiger partial charge in [0, 0.05) is 36.0 Å². The topological polar surface area (TPSA) is 100 Å². The maximum Gasteiger partial charge on any atom is 0.166 e. The Bertz CT molecular complexity index is 802. The summed E-state index contributed by atoms with van der Waals surface area (Å²) in [6.07, 6.45) is 2.48. The number of carbonyl (C=O) groups is 2. The molecule has 2 N–H and O–H groups in total. The number of aliphatic imine (C=N–C) groups is 1. The molecule has 0 saturated heterocycles. The Balaban J connectivity index is 0.000000960. The summed E-state index contributed by atoms with van der Waals surface area (Å²) in [5, 5.41) is 0.593. The third-order valence-electron chi connectivity index (χ3n) is 4.13. The molecule has 0 amide bonds. The third-order valence-corrected chi connectivity index (χ3v) is 5.17. The van der Waals surface area contributed by atoms with E-state index >= 15 is 0 Å². The number of ether oxygens (including phenoxy) is 3. The predicted octanol–water partition coefficient (Wildman–Crippen LogP) is 3.45. The summed E-state index contributed by atoms with van der Waals surface area (Å²) in [6.45, 7) is 8.13. The highest BCUT2D eigenvalue weighted by Crippen LogP contribution is 2.37. The molecule has 0 fully saturated rings. The minimum Gasteiger partial charge on any atom is -0.493 e. The molecule has 29 heavy (non-hydrogen) atoms. The molecule has 0 bridgehead atoms. The van der Waals surface area contributed by atoms with Crippen LogP contribution in [0.5, 0.6) is 11.5 Å². The Labute approximate surface area is 176 Å². The molecule has 2 atom stereocenters. The van der Waals surface area contributed by atoms with Crippen LogP contribution in [0.3, 0.4) is 0 Å². The molecule has 2 unspecified atom stereocenters. The predicted molar refractivity (Wildman–Crippen MR) is 117 cm³/mol. The first-order chi connectivity index (χ1) is 13.8.